The van der Waals surface area contributed by atoms with Gasteiger partial charge in [-0.25, -0.2) is 9.59 Å². The topological polar surface area (TPSA) is 83.1 Å². The highest BCUT2D eigenvalue weighted by molar-refractivity contribution is 5.87. The van der Waals surface area contributed by atoms with Gasteiger partial charge in [0.25, 0.3) is 0 Å². The van der Waals surface area contributed by atoms with E-state index >= 15 is 0 Å². The van der Waals surface area contributed by atoms with Gasteiger partial charge in [0.15, 0.2) is 0 Å². The van der Waals surface area contributed by atoms with E-state index in [0.29, 0.717) is 24.6 Å². The Labute approximate surface area is 231 Å². The zero-order valence-corrected chi connectivity index (χ0v) is 24.6. The van der Waals surface area contributed by atoms with Gasteiger partial charge in [-0.1, -0.05) is 52.4 Å². The summed E-state index contributed by atoms with van der Waals surface area (Å²) in [6.07, 6.45) is 13.0. The third-order valence-electron chi connectivity index (χ3n) is 6.50. The van der Waals surface area contributed by atoms with E-state index in [0.717, 1.165) is 51.9 Å². The Balaban J connectivity index is 2.10. The molecule has 0 aromatic heterocycles. The second-order valence-electron chi connectivity index (χ2n) is 10.2. The lowest BCUT2D eigenvalue weighted by Crippen LogP contribution is -2.21. The predicted molar refractivity (Wildman–Crippen MR) is 158 cm³/mol. The molecule has 0 fully saturated rings. The summed E-state index contributed by atoms with van der Waals surface area (Å²) in [5.74, 6) is 0. The maximum Gasteiger partial charge on any atom is 0.411 e. The Morgan fingerprint density at radius 3 is 1.26 bits per heavy atom. The van der Waals surface area contributed by atoms with Crippen LogP contribution in [0.2, 0.25) is 0 Å². The molecule has 1 aromatic carbocycles. The lowest BCUT2D eigenvalue weighted by atomic mass is 10.2. The first-order valence-corrected chi connectivity index (χ1v) is 14.8. The zero-order valence-electron chi connectivity index (χ0n) is 24.6. The number of benzene rings is 1. The van der Waals surface area contributed by atoms with Gasteiger partial charge in [0.2, 0.25) is 0 Å². The van der Waals surface area contributed by atoms with Gasteiger partial charge < -0.3 is 19.3 Å². The van der Waals surface area contributed by atoms with Crippen LogP contribution in [0, 0.1) is 0 Å². The minimum atomic E-state index is -0.468. The second kappa shape index (κ2) is 22.6. The summed E-state index contributed by atoms with van der Waals surface area (Å²) in [4.78, 5) is 28.7. The van der Waals surface area contributed by atoms with E-state index in [1.807, 2.05) is 0 Å². The maximum absolute atomic E-state index is 12.0. The monoisotopic (exact) mass is 534 g/mol. The molecule has 8 heteroatoms. The predicted octanol–water partition coefficient (Wildman–Crippen LogP) is 7.37. The van der Waals surface area contributed by atoms with Crippen LogP contribution in [0.25, 0.3) is 0 Å². The molecule has 2 N–H and O–H groups in total. The summed E-state index contributed by atoms with van der Waals surface area (Å²) < 4.78 is 10.6. The van der Waals surface area contributed by atoms with Crippen LogP contribution in [-0.2, 0) is 9.47 Å². The SMILES string of the molecule is CCCCCCN(C)CCCCOC(=O)Nc1ccc(NC(=O)OCCCCN(C)CCCCCC)cc1. The smallest absolute Gasteiger partial charge is 0.411 e. The van der Waals surface area contributed by atoms with E-state index in [2.05, 4.69) is 48.4 Å². The molecule has 0 aliphatic rings. The summed E-state index contributed by atoms with van der Waals surface area (Å²) in [6.45, 7) is 9.54. The number of unbranched alkanes of at least 4 members (excludes halogenated alkanes) is 8. The van der Waals surface area contributed by atoms with Crippen LogP contribution in [0.5, 0.6) is 0 Å². The summed E-state index contributed by atoms with van der Waals surface area (Å²) in [7, 11) is 4.29. The fourth-order valence-electron chi connectivity index (χ4n) is 4.08. The molecular weight excluding hydrogens is 480 g/mol. The molecule has 1 aromatic rings. The lowest BCUT2D eigenvalue weighted by Gasteiger charge is -2.16. The molecule has 0 heterocycles. The first-order chi connectivity index (χ1) is 18.4. The number of nitrogens with zero attached hydrogens (tertiary/aromatic N) is 2. The first-order valence-electron chi connectivity index (χ1n) is 14.8. The summed E-state index contributed by atoms with van der Waals surface area (Å²) in [5.41, 5.74) is 1.22. The molecule has 0 bridgehead atoms. The van der Waals surface area contributed by atoms with Gasteiger partial charge in [0.1, 0.15) is 0 Å². The van der Waals surface area contributed by atoms with Gasteiger partial charge in [-0.05, 0) is 103 Å². The van der Waals surface area contributed by atoms with Crippen molar-refractivity contribution in [1.82, 2.24) is 9.80 Å². The van der Waals surface area contributed by atoms with Gasteiger partial charge in [-0.15, -0.1) is 0 Å². The molecule has 0 radical (unpaired) electrons. The van der Waals surface area contributed by atoms with Crippen molar-refractivity contribution in [2.45, 2.75) is 90.9 Å². The minimum absolute atomic E-state index is 0.399. The number of hydrogen-bond acceptors (Lipinski definition) is 6. The summed E-state index contributed by atoms with van der Waals surface area (Å²) in [5, 5.41) is 5.44. The lowest BCUT2D eigenvalue weighted by molar-refractivity contribution is 0.156. The fraction of sp³-hybridized carbons (Fsp3) is 0.733. The average Bonchev–Trinajstić information content (AvgIpc) is 2.90. The van der Waals surface area contributed by atoms with Crippen molar-refractivity contribution < 1.29 is 19.1 Å². The van der Waals surface area contributed by atoms with Crippen LogP contribution >= 0.6 is 0 Å². The molecule has 218 valence electrons. The van der Waals surface area contributed by atoms with Crippen molar-refractivity contribution >= 4 is 23.6 Å². The van der Waals surface area contributed by atoms with E-state index in [9.17, 15) is 9.59 Å². The molecule has 38 heavy (non-hydrogen) atoms. The Morgan fingerprint density at radius 2 is 0.921 bits per heavy atom. The van der Waals surface area contributed by atoms with Gasteiger partial charge in [-0.2, -0.15) is 0 Å². The maximum atomic E-state index is 12.0. The highest BCUT2D eigenvalue weighted by Gasteiger charge is 2.07. The molecular formula is C30H54N4O4. The van der Waals surface area contributed by atoms with Crippen LogP contribution in [0.3, 0.4) is 0 Å². The third-order valence-corrected chi connectivity index (χ3v) is 6.50. The van der Waals surface area contributed by atoms with Crippen molar-refractivity contribution in [2.24, 2.45) is 0 Å². The largest absolute Gasteiger partial charge is 0.449 e. The van der Waals surface area contributed by atoms with Gasteiger partial charge >= 0.3 is 12.2 Å². The molecule has 0 spiro atoms. The highest BCUT2D eigenvalue weighted by Crippen LogP contribution is 2.14. The van der Waals surface area contributed by atoms with Crippen LogP contribution < -0.4 is 10.6 Å². The number of ether oxygens (including phenoxy) is 2. The van der Waals surface area contributed by atoms with Crippen LogP contribution in [0.15, 0.2) is 24.3 Å². The van der Waals surface area contributed by atoms with E-state index in [4.69, 9.17) is 9.47 Å². The van der Waals surface area contributed by atoms with Crippen molar-refractivity contribution in [2.75, 3.05) is 64.1 Å². The van der Waals surface area contributed by atoms with E-state index < -0.39 is 12.2 Å². The summed E-state index contributed by atoms with van der Waals surface area (Å²) in [6, 6.07) is 6.89. The number of nitrogens with one attached hydrogen (secondary N) is 2. The van der Waals surface area contributed by atoms with Gasteiger partial charge in [0, 0.05) is 11.4 Å². The molecule has 0 saturated heterocycles. The number of hydrogen-bond donors (Lipinski definition) is 2. The first kappa shape index (κ1) is 33.7. The van der Waals surface area contributed by atoms with E-state index in [1.165, 1.54) is 51.4 Å². The second-order valence-corrected chi connectivity index (χ2v) is 10.2. The van der Waals surface area contributed by atoms with Crippen molar-refractivity contribution in [3.63, 3.8) is 0 Å². The zero-order chi connectivity index (χ0) is 27.8. The molecule has 0 unspecified atom stereocenters. The van der Waals surface area contributed by atoms with Gasteiger partial charge in [0.05, 0.1) is 13.2 Å². The van der Waals surface area contributed by atoms with E-state index in [1.54, 1.807) is 24.3 Å². The number of carbonyl (C=O) groups is 2. The van der Waals surface area contributed by atoms with Gasteiger partial charge in [-0.3, -0.25) is 10.6 Å². The quantitative estimate of drug-likeness (QED) is 0.151. The highest BCUT2D eigenvalue weighted by atomic mass is 16.6. The molecule has 8 nitrogen and oxygen atoms in total. The molecule has 1 rings (SSSR count). The standard InChI is InChI=1S/C30H54N4O4/c1-5-7-9-11-21-33(3)23-13-15-25-37-29(35)31-27-17-19-28(20-18-27)32-30(36)38-26-16-14-24-34(4)22-12-10-8-6-2/h17-20H,5-16,21-26H2,1-4H3,(H,31,35)(H,32,36). The van der Waals surface area contributed by atoms with E-state index in [-0.39, 0.29) is 0 Å². The number of anilines is 2. The minimum Gasteiger partial charge on any atom is -0.449 e. The van der Waals surface area contributed by atoms with Crippen LogP contribution in [-0.4, -0.2) is 75.5 Å². The molecule has 0 aliphatic heterocycles. The Morgan fingerprint density at radius 1 is 0.579 bits per heavy atom. The number of amides is 2. The Bertz CT molecular complexity index is 668. The average molecular weight is 535 g/mol. The molecule has 0 aliphatic carbocycles. The number of rotatable bonds is 22. The van der Waals surface area contributed by atoms with Crippen molar-refractivity contribution in [3.8, 4) is 0 Å². The van der Waals surface area contributed by atoms with Crippen molar-refractivity contribution in [1.29, 1.82) is 0 Å². The third kappa shape index (κ3) is 18.9. The Hall–Kier alpha value is -2.32. The fourth-order valence-corrected chi connectivity index (χ4v) is 4.08. The van der Waals surface area contributed by atoms with Crippen LogP contribution in [0.1, 0.15) is 90.9 Å². The van der Waals surface area contributed by atoms with Crippen molar-refractivity contribution in [3.05, 3.63) is 24.3 Å². The molecule has 0 atom stereocenters. The normalized spacial score (nSPS) is 11.1. The molecule has 2 amide bonds. The Kier molecular flexibility index (Phi) is 20.1. The molecule has 0 saturated carbocycles. The van der Waals surface area contributed by atoms with Crippen LogP contribution in [0.4, 0.5) is 21.0 Å². The summed E-state index contributed by atoms with van der Waals surface area (Å²) >= 11 is 0. The number of carbonyl (C=O) groups excluding carboxylic acids is 2.